The van der Waals surface area contributed by atoms with Crippen LogP contribution in [0.25, 0.3) is 0 Å². The summed E-state index contributed by atoms with van der Waals surface area (Å²) in [5.74, 6) is 0.945. The highest BCUT2D eigenvalue weighted by molar-refractivity contribution is 7.09. The van der Waals surface area contributed by atoms with Crippen LogP contribution in [0.3, 0.4) is 0 Å². The lowest BCUT2D eigenvalue weighted by Gasteiger charge is -2.18. The summed E-state index contributed by atoms with van der Waals surface area (Å²) >= 11 is 1.76. The van der Waals surface area contributed by atoms with E-state index in [2.05, 4.69) is 29.5 Å². The van der Waals surface area contributed by atoms with E-state index < -0.39 is 0 Å². The highest BCUT2D eigenvalue weighted by Gasteiger charge is 2.10. The summed E-state index contributed by atoms with van der Waals surface area (Å²) in [7, 11) is 2.08. The third-order valence-electron chi connectivity index (χ3n) is 3.21. The number of nitrogens with zero attached hydrogens (tertiary/aromatic N) is 1. The van der Waals surface area contributed by atoms with Crippen molar-refractivity contribution in [2.45, 2.75) is 26.9 Å². The number of thiophene rings is 1. The predicted molar refractivity (Wildman–Crippen MR) is 87.1 cm³/mol. The van der Waals surface area contributed by atoms with Crippen LogP contribution in [0, 0.1) is 0 Å². The number of ether oxygens (including phenoxy) is 1. The first-order valence-corrected chi connectivity index (χ1v) is 7.95. The summed E-state index contributed by atoms with van der Waals surface area (Å²) in [6, 6.07) is 9.87. The lowest BCUT2D eigenvalue weighted by Crippen LogP contribution is -2.17. The molecule has 1 aromatic carbocycles. The van der Waals surface area contributed by atoms with Crippen LogP contribution in [0.2, 0.25) is 0 Å². The van der Waals surface area contributed by atoms with Crippen molar-refractivity contribution < 1.29 is 9.53 Å². The smallest absolute Gasteiger partial charge is 0.159 e. The molecule has 0 aliphatic rings. The van der Waals surface area contributed by atoms with Crippen molar-refractivity contribution in [3.8, 4) is 5.75 Å². The molecule has 0 amide bonds. The molecule has 1 aromatic heterocycles. The normalized spacial score (nSPS) is 10.9. The maximum atomic E-state index is 11.6. The van der Waals surface area contributed by atoms with Crippen molar-refractivity contribution in [1.82, 2.24) is 4.90 Å². The van der Waals surface area contributed by atoms with Gasteiger partial charge in [0, 0.05) is 29.1 Å². The lowest BCUT2D eigenvalue weighted by molar-refractivity contribution is 0.101. The van der Waals surface area contributed by atoms with E-state index in [0.29, 0.717) is 6.61 Å². The van der Waals surface area contributed by atoms with Gasteiger partial charge < -0.3 is 4.74 Å². The van der Waals surface area contributed by atoms with Crippen molar-refractivity contribution in [2.24, 2.45) is 0 Å². The molecule has 0 radical (unpaired) electrons. The maximum Gasteiger partial charge on any atom is 0.159 e. The number of carbonyl (C=O) groups is 1. The van der Waals surface area contributed by atoms with Crippen LogP contribution in [0.15, 0.2) is 35.7 Å². The monoisotopic (exact) mass is 303 g/mol. The van der Waals surface area contributed by atoms with Gasteiger partial charge in [-0.15, -0.1) is 11.3 Å². The SMILES string of the molecule is CCOc1ccc(C(C)=O)cc1CN(C)Cc1cccs1. The van der Waals surface area contributed by atoms with E-state index in [9.17, 15) is 4.79 Å². The van der Waals surface area contributed by atoms with Crippen molar-refractivity contribution in [1.29, 1.82) is 0 Å². The van der Waals surface area contributed by atoms with Gasteiger partial charge in [-0.1, -0.05) is 6.07 Å². The Morgan fingerprint density at radius 3 is 2.71 bits per heavy atom. The van der Waals surface area contributed by atoms with Gasteiger partial charge in [-0.3, -0.25) is 9.69 Å². The average Bonchev–Trinajstić information content (AvgIpc) is 2.93. The molecule has 0 atom stereocenters. The molecule has 2 aromatic rings. The number of hydrogen-bond acceptors (Lipinski definition) is 4. The van der Waals surface area contributed by atoms with Gasteiger partial charge in [-0.25, -0.2) is 0 Å². The average molecular weight is 303 g/mol. The number of Topliss-reactive ketones (excluding diaryl/α,β-unsaturated/α-hetero) is 1. The zero-order chi connectivity index (χ0) is 15.2. The van der Waals surface area contributed by atoms with Gasteiger partial charge in [0.1, 0.15) is 5.75 Å². The Labute approximate surface area is 130 Å². The van der Waals surface area contributed by atoms with Gasteiger partial charge in [0.2, 0.25) is 0 Å². The minimum Gasteiger partial charge on any atom is -0.494 e. The minimum atomic E-state index is 0.0835. The molecular formula is C17H21NO2S. The van der Waals surface area contributed by atoms with E-state index in [1.165, 1.54) is 4.88 Å². The summed E-state index contributed by atoms with van der Waals surface area (Å²) in [6.07, 6.45) is 0. The molecule has 2 rings (SSSR count). The van der Waals surface area contributed by atoms with Crippen LogP contribution in [0.5, 0.6) is 5.75 Å². The molecule has 0 aliphatic heterocycles. The Kier molecular flexibility index (Phi) is 5.53. The minimum absolute atomic E-state index is 0.0835. The van der Waals surface area contributed by atoms with E-state index in [4.69, 9.17) is 4.74 Å². The molecule has 3 nitrogen and oxygen atoms in total. The predicted octanol–water partition coefficient (Wildman–Crippen LogP) is 3.98. The highest BCUT2D eigenvalue weighted by atomic mass is 32.1. The molecule has 4 heteroatoms. The number of rotatable bonds is 7. The molecule has 112 valence electrons. The number of ketones is 1. The maximum absolute atomic E-state index is 11.6. The zero-order valence-corrected chi connectivity index (χ0v) is 13.6. The second kappa shape index (κ2) is 7.38. The van der Waals surface area contributed by atoms with E-state index in [1.54, 1.807) is 18.3 Å². The number of hydrogen-bond donors (Lipinski definition) is 0. The van der Waals surface area contributed by atoms with Crippen LogP contribution in [-0.4, -0.2) is 24.3 Å². The van der Waals surface area contributed by atoms with Gasteiger partial charge >= 0.3 is 0 Å². The van der Waals surface area contributed by atoms with E-state index in [0.717, 1.165) is 30.0 Å². The van der Waals surface area contributed by atoms with Crippen LogP contribution < -0.4 is 4.74 Å². The third-order valence-corrected chi connectivity index (χ3v) is 4.07. The third kappa shape index (κ3) is 4.41. The number of carbonyl (C=O) groups excluding carboxylic acids is 1. The quantitative estimate of drug-likeness (QED) is 0.725. The second-order valence-corrected chi connectivity index (χ2v) is 6.10. The molecule has 0 saturated carbocycles. The summed E-state index contributed by atoms with van der Waals surface area (Å²) in [6.45, 7) is 5.84. The first kappa shape index (κ1) is 15.7. The molecule has 0 bridgehead atoms. The Morgan fingerprint density at radius 2 is 2.10 bits per heavy atom. The Morgan fingerprint density at radius 1 is 1.29 bits per heavy atom. The van der Waals surface area contributed by atoms with Crippen molar-refractivity contribution in [2.75, 3.05) is 13.7 Å². The van der Waals surface area contributed by atoms with Crippen molar-refractivity contribution >= 4 is 17.1 Å². The molecule has 0 saturated heterocycles. The Hall–Kier alpha value is -1.65. The standard InChI is InChI=1S/C17H21NO2S/c1-4-20-17-8-7-14(13(2)19)10-15(17)11-18(3)12-16-6-5-9-21-16/h5-10H,4,11-12H2,1-3H3. The molecular weight excluding hydrogens is 282 g/mol. The lowest BCUT2D eigenvalue weighted by atomic mass is 10.1. The first-order chi connectivity index (χ1) is 10.1. The molecule has 1 heterocycles. The largest absolute Gasteiger partial charge is 0.494 e. The molecule has 0 spiro atoms. The zero-order valence-electron chi connectivity index (χ0n) is 12.8. The van der Waals surface area contributed by atoms with Crippen molar-refractivity contribution in [3.63, 3.8) is 0 Å². The summed E-state index contributed by atoms with van der Waals surface area (Å²) in [4.78, 5) is 15.1. The molecule has 21 heavy (non-hydrogen) atoms. The van der Waals surface area contributed by atoms with Gasteiger partial charge in [0.05, 0.1) is 6.61 Å². The Balaban J connectivity index is 2.15. The fourth-order valence-electron chi connectivity index (χ4n) is 2.23. The van der Waals surface area contributed by atoms with E-state index in [1.807, 2.05) is 25.1 Å². The van der Waals surface area contributed by atoms with E-state index >= 15 is 0 Å². The second-order valence-electron chi connectivity index (χ2n) is 5.06. The molecule has 0 aliphatic carbocycles. The van der Waals surface area contributed by atoms with Crippen molar-refractivity contribution in [3.05, 3.63) is 51.7 Å². The molecule has 0 N–H and O–H groups in total. The van der Waals surface area contributed by atoms with Gasteiger partial charge in [0.15, 0.2) is 5.78 Å². The van der Waals surface area contributed by atoms with Crippen LogP contribution in [0.1, 0.15) is 34.6 Å². The fourth-order valence-corrected chi connectivity index (χ4v) is 3.02. The number of benzene rings is 1. The summed E-state index contributed by atoms with van der Waals surface area (Å²) < 4.78 is 5.67. The fraction of sp³-hybridized carbons (Fsp3) is 0.353. The molecule has 0 unspecified atom stereocenters. The summed E-state index contributed by atoms with van der Waals surface area (Å²) in [5, 5.41) is 2.09. The van der Waals surface area contributed by atoms with Gasteiger partial charge in [0.25, 0.3) is 0 Å². The molecule has 0 fully saturated rings. The van der Waals surface area contributed by atoms with Crippen LogP contribution in [-0.2, 0) is 13.1 Å². The first-order valence-electron chi connectivity index (χ1n) is 7.07. The van der Waals surface area contributed by atoms with Gasteiger partial charge in [-0.05, 0) is 50.5 Å². The summed E-state index contributed by atoms with van der Waals surface area (Å²) in [5.41, 5.74) is 1.79. The Bertz CT molecular complexity index is 593. The highest BCUT2D eigenvalue weighted by Crippen LogP contribution is 2.23. The van der Waals surface area contributed by atoms with Crippen LogP contribution in [0.4, 0.5) is 0 Å². The van der Waals surface area contributed by atoms with Gasteiger partial charge in [-0.2, -0.15) is 0 Å². The topological polar surface area (TPSA) is 29.5 Å². The van der Waals surface area contributed by atoms with Crippen LogP contribution >= 0.6 is 11.3 Å². The van der Waals surface area contributed by atoms with E-state index in [-0.39, 0.29) is 5.78 Å².